The molecule has 1 aliphatic carbocycles. The summed E-state index contributed by atoms with van der Waals surface area (Å²) < 4.78 is 49.5. The molecule has 1 saturated carbocycles. The maximum absolute atomic E-state index is 13.1. The maximum Gasteiger partial charge on any atom is 0.422 e. The summed E-state index contributed by atoms with van der Waals surface area (Å²) in [5.41, 5.74) is 1.08. The van der Waals surface area contributed by atoms with Crippen molar-refractivity contribution < 1.29 is 32.2 Å². The van der Waals surface area contributed by atoms with E-state index in [4.69, 9.17) is 14.6 Å². The third kappa shape index (κ3) is 7.33. The van der Waals surface area contributed by atoms with E-state index >= 15 is 0 Å². The highest BCUT2D eigenvalue weighted by molar-refractivity contribution is 7.99. The lowest BCUT2D eigenvalue weighted by Gasteiger charge is -2.24. The minimum Gasteiger partial charge on any atom is -0.493 e. The molecule has 2 N–H and O–H groups in total. The van der Waals surface area contributed by atoms with E-state index in [0.717, 1.165) is 25.7 Å². The van der Waals surface area contributed by atoms with Gasteiger partial charge in [0.2, 0.25) is 5.91 Å². The van der Waals surface area contributed by atoms with E-state index in [1.54, 1.807) is 12.1 Å². The molecule has 2 aliphatic rings. The van der Waals surface area contributed by atoms with E-state index in [2.05, 4.69) is 10.6 Å². The fraction of sp³-hybridized carbons (Fsp3) is 0.560. The van der Waals surface area contributed by atoms with Gasteiger partial charge in [-0.3, -0.25) is 9.59 Å². The number of hydrogen-bond acceptors (Lipinski definition) is 6. The Kier molecular flexibility index (Phi) is 8.88. The number of hydrogen-bond donors (Lipinski definition) is 2. The molecule has 2 heterocycles. The van der Waals surface area contributed by atoms with Gasteiger partial charge in [0.05, 0.1) is 24.1 Å². The monoisotopic (exact) mass is 540 g/mol. The van der Waals surface area contributed by atoms with E-state index in [1.807, 2.05) is 10.9 Å². The van der Waals surface area contributed by atoms with Crippen molar-refractivity contribution >= 4 is 29.4 Å². The van der Waals surface area contributed by atoms with Gasteiger partial charge in [-0.2, -0.15) is 30.0 Å². The number of halogens is 3. The zero-order valence-corrected chi connectivity index (χ0v) is 21.4. The molecule has 0 spiro atoms. The number of alkyl halides is 3. The summed E-state index contributed by atoms with van der Waals surface area (Å²) in [5, 5.41) is 10.7. The van der Waals surface area contributed by atoms with Gasteiger partial charge in [-0.1, -0.05) is 25.3 Å². The molecule has 2 amide bonds. The van der Waals surface area contributed by atoms with E-state index in [-0.39, 0.29) is 42.0 Å². The van der Waals surface area contributed by atoms with Crippen LogP contribution in [0.25, 0.3) is 0 Å². The van der Waals surface area contributed by atoms with Crippen LogP contribution < -0.4 is 20.1 Å². The molecule has 1 unspecified atom stereocenters. The number of nitrogens with one attached hydrogen (secondary N) is 2. The number of aromatic nitrogens is 2. The standard InChI is InChI=1S/C25H31F3N4O4S/c1-37-14-21(33)30-23-22-20(31-32(23)17-6-3-2-4-7-17)12-16(29-24(22)34)10-11-35-18-8-5-9-19(13-18)36-15-25(26,27)28/h5,8-9,13,16-17H,2-4,6-7,10-12,14-15H2,1H3,(H,29,34)(H,30,33). The molecule has 202 valence electrons. The second kappa shape index (κ2) is 12.1. The van der Waals surface area contributed by atoms with Crippen LogP contribution in [-0.4, -0.2) is 59.0 Å². The van der Waals surface area contributed by atoms with Crippen LogP contribution in [0, 0.1) is 0 Å². The predicted octanol–water partition coefficient (Wildman–Crippen LogP) is 4.75. The van der Waals surface area contributed by atoms with E-state index in [1.165, 1.54) is 30.3 Å². The Morgan fingerprint density at radius 1 is 1.22 bits per heavy atom. The van der Waals surface area contributed by atoms with Crippen molar-refractivity contribution in [2.45, 2.75) is 63.2 Å². The molecule has 0 radical (unpaired) electrons. The SMILES string of the molecule is CSCC(=O)Nc1c2c(nn1C1CCCCC1)CC(CCOc1cccc(OCC(F)(F)F)c1)NC2=O. The summed E-state index contributed by atoms with van der Waals surface area (Å²) in [6.45, 7) is -1.14. The van der Waals surface area contributed by atoms with E-state index in [0.29, 0.717) is 35.7 Å². The van der Waals surface area contributed by atoms with E-state index < -0.39 is 12.8 Å². The summed E-state index contributed by atoms with van der Waals surface area (Å²) in [7, 11) is 0. The van der Waals surface area contributed by atoms with Gasteiger partial charge in [-0.25, -0.2) is 4.68 Å². The van der Waals surface area contributed by atoms with Gasteiger partial charge >= 0.3 is 6.18 Å². The third-order valence-electron chi connectivity index (χ3n) is 6.38. The molecule has 2 aromatic rings. The Bertz CT molecular complexity index is 1100. The molecule has 1 aliphatic heterocycles. The minimum atomic E-state index is -4.42. The summed E-state index contributed by atoms with van der Waals surface area (Å²) in [6.07, 6.45) is 3.64. The van der Waals surface area contributed by atoms with Gasteiger partial charge in [0.1, 0.15) is 22.9 Å². The topological polar surface area (TPSA) is 94.5 Å². The molecule has 4 rings (SSSR count). The molecule has 1 aromatic carbocycles. The van der Waals surface area contributed by atoms with Crippen molar-refractivity contribution in [2.24, 2.45) is 0 Å². The van der Waals surface area contributed by atoms with Crippen LogP contribution >= 0.6 is 11.8 Å². The highest BCUT2D eigenvalue weighted by atomic mass is 32.2. The Hall–Kier alpha value is -2.89. The lowest BCUT2D eigenvalue weighted by Crippen LogP contribution is -2.42. The zero-order valence-electron chi connectivity index (χ0n) is 20.6. The highest BCUT2D eigenvalue weighted by Gasteiger charge is 2.34. The average molecular weight is 541 g/mol. The molecule has 12 heteroatoms. The largest absolute Gasteiger partial charge is 0.493 e. The molecule has 8 nitrogen and oxygen atoms in total. The molecular weight excluding hydrogens is 509 g/mol. The van der Waals surface area contributed by atoms with Crippen LogP contribution in [0.4, 0.5) is 19.0 Å². The Labute approximate surface area is 217 Å². The summed E-state index contributed by atoms with van der Waals surface area (Å²) >= 11 is 1.41. The van der Waals surface area contributed by atoms with Crippen LogP contribution in [0.2, 0.25) is 0 Å². The van der Waals surface area contributed by atoms with Gasteiger partial charge in [0, 0.05) is 24.9 Å². The first-order valence-corrected chi connectivity index (χ1v) is 13.8. The van der Waals surface area contributed by atoms with Crippen molar-refractivity contribution in [1.29, 1.82) is 0 Å². The van der Waals surface area contributed by atoms with Crippen LogP contribution in [0.1, 0.15) is 60.6 Å². The molecule has 37 heavy (non-hydrogen) atoms. The molecular formula is C25H31F3N4O4S. The van der Waals surface area contributed by atoms with Gasteiger partial charge in [0.15, 0.2) is 6.61 Å². The Morgan fingerprint density at radius 2 is 1.95 bits per heavy atom. The Morgan fingerprint density at radius 3 is 2.65 bits per heavy atom. The average Bonchev–Trinajstić information content (AvgIpc) is 3.22. The first-order chi connectivity index (χ1) is 17.7. The number of rotatable bonds is 10. The number of ether oxygens (including phenoxy) is 2. The third-order valence-corrected chi connectivity index (χ3v) is 6.93. The lowest BCUT2D eigenvalue weighted by atomic mass is 9.95. The van der Waals surface area contributed by atoms with Crippen LogP contribution in [-0.2, 0) is 11.2 Å². The van der Waals surface area contributed by atoms with Crippen molar-refractivity contribution in [3.8, 4) is 11.5 Å². The molecule has 1 atom stereocenters. The molecule has 1 fully saturated rings. The predicted molar refractivity (Wildman–Crippen MR) is 134 cm³/mol. The van der Waals surface area contributed by atoms with Crippen molar-refractivity contribution in [2.75, 3.05) is 30.5 Å². The van der Waals surface area contributed by atoms with Crippen LogP contribution in [0.15, 0.2) is 24.3 Å². The Balaban J connectivity index is 1.41. The van der Waals surface area contributed by atoms with Gasteiger partial charge < -0.3 is 20.1 Å². The number of benzene rings is 1. The maximum atomic E-state index is 13.1. The second-order valence-corrected chi connectivity index (χ2v) is 10.1. The summed E-state index contributed by atoms with van der Waals surface area (Å²) in [6, 6.07) is 5.94. The first-order valence-electron chi connectivity index (χ1n) is 12.4. The number of fused-ring (bicyclic) bond motifs is 1. The van der Waals surface area contributed by atoms with Gasteiger partial charge in [-0.05, 0) is 31.2 Å². The zero-order chi connectivity index (χ0) is 26.4. The smallest absolute Gasteiger partial charge is 0.422 e. The fourth-order valence-electron chi connectivity index (χ4n) is 4.73. The fourth-order valence-corrected chi connectivity index (χ4v) is 5.06. The number of carbonyl (C=O) groups is 2. The number of thioether (sulfide) groups is 1. The van der Waals surface area contributed by atoms with E-state index in [9.17, 15) is 22.8 Å². The first kappa shape index (κ1) is 27.2. The second-order valence-electron chi connectivity index (χ2n) is 9.28. The van der Waals surface area contributed by atoms with Crippen molar-refractivity contribution in [3.05, 3.63) is 35.5 Å². The summed E-state index contributed by atoms with van der Waals surface area (Å²) in [4.78, 5) is 25.5. The van der Waals surface area contributed by atoms with Gasteiger partial charge in [0.25, 0.3) is 5.91 Å². The van der Waals surface area contributed by atoms with Crippen LogP contribution in [0.3, 0.4) is 0 Å². The number of amides is 2. The normalized spacial score (nSPS) is 18.2. The molecule has 1 aromatic heterocycles. The lowest BCUT2D eigenvalue weighted by molar-refractivity contribution is -0.153. The molecule has 0 saturated heterocycles. The minimum absolute atomic E-state index is 0.0646. The number of carbonyl (C=O) groups excluding carboxylic acids is 2. The molecule has 0 bridgehead atoms. The summed E-state index contributed by atoms with van der Waals surface area (Å²) in [5.74, 6) is 0.753. The van der Waals surface area contributed by atoms with Crippen molar-refractivity contribution in [3.63, 3.8) is 0 Å². The highest BCUT2D eigenvalue weighted by Crippen LogP contribution is 2.35. The van der Waals surface area contributed by atoms with Crippen molar-refractivity contribution in [1.82, 2.24) is 15.1 Å². The quantitative estimate of drug-likeness (QED) is 0.452. The van der Waals surface area contributed by atoms with Crippen LogP contribution in [0.5, 0.6) is 11.5 Å². The number of nitrogens with zero attached hydrogens (tertiary/aromatic N) is 2. The number of anilines is 1. The van der Waals surface area contributed by atoms with Gasteiger partial charge in [-0.15, -0.1) is 0 Å².